The summed E-state index contributed by atoms with van der Waals surface area (Å²) in [4.78, 5) is 0. The van der Waals surface area contributed by atoms with Crippen LogP contribution in [0, 0.1) is 6.92 Å². The minimum absolute atomic E-state index is 0.558. The van der Waals surface area contributed by atoms with Crippen LogP contribution < -0.4 is 5.32 Å². The van der Waals surface area contributed by atoms with E-state index in [9.17, 15) is 0 Å². The third kappa shape index (κ3) is 2.82. The van der Waals surface area contributed by atoms with Gasteiger partial charge in [-0.2, -0.15) is 0 Å². The molecule has 2 unspecified atom stereocenters. The molecule has 2 aromatic rings. The summed E-state index contributed by atoms with van der Waals surface area (Å²) in [6, 6.07) is 17.6. The fourth-order valence-corrected chi connectivity index (χ4v) is 3.84. The van der Waals surface area contributed by atoms with E-state index in [4.69, 9.17) is 0 Å². The summed E-state index contributed by atoms with van der Waals surface area (Å²) in [5.74, 6) is 1.15. The van der Waals surface area contributed by atoms with Crippen molar-refractivity contribution in [1.82, 2.24) is 5.32 Å². The van der Waals surface area contributed by atoms with E-state index in [-0.39, 0.29) is 0 Å². The highest BCUT2D eigenvalue weighted by atomic mass is 79.9. The number of benzene rings is 2. The van der Waals surface area contributed by atoms with Gasteiger partial charge in [0.25, 0.3) is 0 Å². The Bertz CT molecular complexity index is 593. The molecular formula is C18H20BrN. The molecule has 1 heterocycles. The lowest BCUT2D eigenvalue weighted by molar-refractivity contribution is 0.403. The lowest BCUT2D eigenvalue weighted by atomic mass is 9.77. The first-order valence-electron chi connectivity index (χ1n) is 7.27. The highest BCUT2D eigenvalue weighted by molar-refractivity contribution is 9.10. The monoisotopic (exact) mass is 329 g/mol. The maximum Gasteiger partial charge on any atom is 0.0210 e. The van der Waals surface area contributed by atoms with Crippen molar-refractivity contribution in [3.8, 4) is 0 Å². The van der Waals surface area contributed by atoms with Crippen LogP contribution in [0.1, 0.15) is 34.9 Å². The molecule has 0 aromatic heterocycles. The van der Waals surface area contributed by atoms with Gasteiger partial charge < -0.3 is 5.32 Å². The Kier molecular flexibility index (Phi) is 4.23. The largest absolute Gasteiger partial charge is 0.316 e. The van der Waals surface area contributed by atoms with Crippen molar-refractivity contribution in [2.75, 3.05) is 13.1 Å². The zero-order valence-corrected chi connectivity index (χ0v) is 13.4. The number of rotatable bonds is 2. The first-order chi connectivity index (χ1) is 9.75. The molecule has 104 valence electrons. The van der Waals surface area contributed by atoms with Gasteiger partial charge in [0.1, 0.15) is 0 Å². The first-order valence-corrected chi connectivity index (χ1v) is 8.06. The predicted molar refractivity (Wildman–Crippen MR) is 88.3 cm³/mol. The molecule has 1 N–H and O–H groups in total. The fraction of sp³-hybridized carbons (Fsp3) is 0.333. The van der Waals surface area contributed by atoms with E-state index in [1.807, 2.05) is 0 Å². The Hall–Kier alpha value is -1.12. The molecule has 3 rings (SSSR count). The second-order valence-electron chi connectivity index (χ2n) is 5.64. The maximum absolute atomic E-state index is 3.73. The molecule has 1 aliphatic heterocycles. The summed E-state index contributed by atoms with van der Waals surface area (Å²) in [5.41, 5.74) is 4.25. The second kappa shape index (κ2) is 6.11. The summed E-state index contributed by atoms with van der Waals surface area (Å²) < 4.78 is 1.24. The van der Waals surface area contributed by atoms with Crippen molar-refractivity contribution in [1.29, 1.82) is 0 Å². The number of halogens is 1. The molecule has 0 saturated carbocycles. The van der Waals surface area contributed by atoms with Crippen LogP contribution in [0.2, 0.25) is 0 Å². The van der Waals surface area contributed by atoms with Gasteiger partial charge in [-0.25, -0.2) is 0 Å². The van der Waals surface area contributed by atoms with Gasteiger partial charge >= 0.3 is 0 Å². The molecule has 0 radical (unpaired) electrons. The Morgan fingerprint density at radius 3 is 2.70 bits per heavy atom. The minimum Gasteiger partial charge on any atom is -0.316 e. The van der Waals surface area contributed by atoms with Gasteiger partial charge in [0, 0.05) is 16.9 Å². The molecule has 1 fully saturated rings. The highest BCUT2D eigenvalue weighted by Gasteiger charge is 2.28. The lowest BCUT2D eigenvalue weighted by Crippen LogP contribution is -2.34. The normalized spacial score (nSPS) is 22.7. The fourth-order valence-electron chi connectivity index (χ4n) is 3.26. The summed E-state index contributed by atoms with van der Waals surface area (Å²) in [6.45, 7) is 4.34. The van der Waals surface area contributed by atoms with Gasteiger partial charge in [-0.15, -0.1) is 0 Å². The molecule has 2 aromatic carbocycles. The van der Waals surface area contributed by atoms with Gasteiger partial charge in [0.05, 0.1) is 0 Å². The predicted octanol–water partition coefficient (Wildman–Crippen LogP) is 4.62. The van der Waals surface area contributed by atoms with Crippen molar-refractivity contribution in [2.24, 2.45) is 0 Å². The Balaban J connectivity index is 1.98. The van der Waals surface area contributed by atoms with Crippen LogP contribution in [0.3, 0.4) is 0 Å². The van der Waals surface area contributed by atoms with Crippen LogP contribution in [-0.2, 0) is 0 Å². The van der Waals surface area contributed by atoms with Gasteiger partial charge in [-0.05, 0) is 43.0 Å². The van der Waals surface area contributed by atoms with Crippen LogP contribution in [0.15, 0.2) is 53.0 Å². The van der Waals surface area contributed by atoms with E-state index in [1.54, 1.807) is 0 Å². The zero-order valence-electron chi connectivity index (χ0n) is 11.8. The molecule has 2 heteroatoms. The van der Waals surface area contributed by atoms with Crippen LogP contribution in [0.25, 0.3) is 0 Å². The van der Waals surface area contributed by atoms with Gasteiger partial charge in [0.2, 0.25) is 0 Å². The molecule has 0 aliphatic carbocycles. The minimum atomic E-state index is 0.558. The molecule has 0 spiro atoms. The third-order valence-corrected chi connectivity index (χ3v) is 4.98. The van der Waals surface area contributed by atoms with E-state index in [0.717, 1.165) is 13.1 Å². The van der Waals surface area contributed by atoms with Crippen molar-refractivity contribution in [3.63, 3.8) is 0 Å². The van der Waals surface area contributed by atoms with Crippen molar-refractivity contribution >= 4 is 15.9 Å². The standard InChI is InChI=1S/C18H20BrN/c1-13-5-4-6-14(11-13)17-12-20-10-9-15(17)16-7-2-3-8-18(16)19/h2-8,11,15,17,20H,9-10,12H2,1H3. The number of aryl methyl sites for hydroxylation is 1. The van der Waals surface area contributed by atoms with Crippen LogP contribution in [-0.4, -0.2) is 13.1 Å². The molecular weight excluding hydrogens is 310 g/mol. The zero-order chi connectivity index (χ0) is 13.9. The average molecular weight is 330 g/mol. The summed E-state index contributed by atoms with van der Waals surface area (Å²) >= 11 is 3.73. The summed E-state index contributed by atoms with van der Waals surface area (Å²) in [7, 11) is 0. The van der Waals surface area contributed by atoms with Crippen molar-refractivity contribution < 1.29 is 0 Å². The van der Waals surface area contributed by atoms with E-state index in [0.29, 0.717) is 11.8 Å². The maximum atomic E-state index is 3.73. The second-order valence-corrected chi connectivity index (χ2v) is 6.50. The molecule has 0 bridgehead atoms. The van der Waals surface area contributed by atoms with Gasteiger partial charge in [-0.1, -0.05) is 64.0 Å². The quantitative estimate of drug-likeness (QED) is 0.847. The van der Waals surface area contributed by atoms with Crippen molar-refractivity contribution in [3.05, 3.63) is 69.7 Å². The lowest BCUT2D eigenvalue weighted by Gasteiger charge is -2.33. The molecule has 1 aliphatic rings. The van der Waals surface area contributed by atoms with E-state index in [2.05, 4.69) is 76.7 Å². The van der Waals surface area contributed by atoms with Gasteiger partial charge in [0.15, 0.2) is 0 Å². The summed E-state index contributed by atoms with van der Waals surface area (Å²) in [6.07, 6.45) is 1.20. The topological polar surface area (TPSA) is 12.0 Å². The van der Waals surface area contributed by atoms with E-state index >= 15 is 0 Å². The molecule has 1 saturated heterocycles. The smallest absolute Gasteiger partial charge is 0.0210 e. The molecule has 20 heavy (non-hydrogen) atoms. The molecule has 0 amide bonds. The third-order valence-electron chi connectivity index (χ3n) is 4.26. The Morgan fingerprint density at radius 2 is 1.90 bits per heavy atom. The Labute approximate surface area is 129 Å². The number of hydrogen-bond donors (Lipinski definition) is 1. The van der Waals surface area contributed by atoms with Crippen LogP contribution in [0.5, 0.6) is 0 Å². The number of piperidine rings is 1. The number of hydrogen-bond acceptors (Lipinski definition) is 1. The SMILES string of the molecule is Cc1cccc(C2CNCCC2c2ccccc2Br)c1. The van der Waals surface area contributed by atoms with E-state index in [1.165, 1.54) is 27.6 Å². The van der Waals surface area contributed by atoms with Crippen LogP contribution in [0.4, 0.5) is 0 Å². The summed E-state index contributed by atoms with van der Waals surface area (Å²) in [5, 5.41) is 3.56. The van der Waals surface area contributed by atoms with Crippen molar-refractivity contribution in [2.45, 2.75) is 25.2 Å². The molecule has 2 atom stereocenters. The van der Waals surface area contributed by atoms with E-state index < -0.39 is 0 Å². The average Bonchev–Trinajstić information content (AvgIpc) is 2.48. The van der Waals surface area contributed by atoms with Crippen LogP contribution >= 0.6 is 15.9 Å². The molecule has 1 nitrogen and oxygen atoms in total. The first kappa shape index (κ1) is 13.8. The Morgan fingerprint density at radius 1 is 1.05 bits per heavy atom. The van der Waals surface area contributed by atoms with Gasteiger partial charge in [-0.3, -0.25) is 0 Å². The number of nitrogens with one attached hydrogen (secondary N) is 1. The highest BCUT2D eigenvalue weighted by Crippen LogP contribution is 2.40.